The van der Waals surface area contributed by atoms with Crippen molar-refractivity contribution in [2.24, 2.45) is 0 Å². The Balaban J connectivity index is 1.72. The first-order chi connectivity index (χ1) is 13.0. The van der Waals surface area contributed by atoms with Crippen LogP contribution in [0.2, 0.25) is 0 Å². The molecule has 1 N–H and O–H groups in total. The average molecular weight is 366 g/mol. The lowest BCUT2D eigenvalue weighted by molar-refractivity contribution is 0.102. The summed E-state index contributed by atoms with van der Waals surface area (Å²) in [7, 11) is 2.02. The van der Waals surface area contributed by atoms with E-state index in [-0.39, 0.29) is 5.91 Å². The summed E-state index contributed by atoms with van der Waals surface area (Å²) in [5.41, 5.74) is 2.38. The molecule has 0 saturated carbocycles. The topological polar surface area (TPSA) is 50.2 Å². The van der Waals surface area contributed by atoms with Gasteiger partial charge in [0.2, 0.25) is 0 Å². The highest BCUT2D eigenvalue weighted by atomic mass is 19.1. The van der Waals surface area contributed by atoms with Crippen LogP contribution in [0.25, 0.3) is 5.69 Å². The summed E-state index contributed by atoms with van der Waals surface area (Å²) in [6, 6.07) is 12.0. The second-order valence-corrected chi connectivity index (χ2v) is 6.43. The summed E-state index contributed by atoms with van der Waals surface area (Å²) in [4.78, 5) is 18.7. The van der Waals surface area contributed by atoms with Crippen LogP contribution < -0.4 is 10.2 Å². The monoisotopic (exact) mass is 366 g/mol. The Labute approximate surface area is 158 Å². The number of aromatic nitrogens is 2. The van der Waals surface area contributed by atoms with Gasteiger partial charge in [0.25, 0.3) is 5.91 Å². The summed E-state index contributed by atoms with van der Waals surface area (Å²) in [6.45, 7) is 4.88. The molecule has 27 heavy (non-hydrogen) atoms. The van der Waals surface area contributed by atoms with Crippen molar-refractivity contribution in [3.05, 3.63) is 72.1 Å². The Morgan fingerprint density at radius 2 is 1.96 bits per heavy atom. The minimum Gasteiger partial charge on any atom is -0.375 e. The number of rotatable bonds is 6. The van der Waals surface area contributed by atoms with Crippen molar-refractivity contribution in [3.63, 3.8) is 0 Å². The number of hydrogen-bond donors (Lipinski definition) is 1. The first-order valence-corrected chi connectivity index (χ1v) is 8.92. The van der Waals surface area contributed by atoms with Gasteiger partial charge in [-0.15, -0.1) is 0 Å². The third-order valence-electron chi connectivity index (χ3n) is 4.42. The molecule has 0 atom stereocenters. The van der Waals surface area contributed by atoms with Gasteiger partial charge >= 0.3 is 0 Å². The van der Waals surface area contributed by atoms with Gasteiger partial charge in [0.1, 0.15) is 11.6 Å². The summed E-state index contributed by atoms with van der Waals surface area (Å²) in [6.07, 6.45) is 4.37. The zero-order valence-electron chi connectivity index (χ0n) is 15.7. The van der Waals surface area contributed by atoms with Crippen molar-refractivity contribution < 1.29 is 9.18 Å². The van der Waals surface area contributed by atoms with Gasteiger partial charge in [0, 0.05) is 42.9 Å². The maximum atomic E-state index is 14.5. The summed E-state index contributed by atoms with van der Waals surface area (Å²) in [5.74, 6) is -0.00471. The van der Waals surface area contributed by atoms with Crippen LogP contribution in [0.15, 0.2) is 54.9 Å². The van der Waals surface area contributed by atoms with Crippen LogP contribution in [0, 0.1) is 12.7 Å². The molecule has 3 aromatic rings. The lowest BCUT2D eigenvalue weighted by atomic mass is 10.1. The third kappa shape index (κ3) is 4.16. The van der Waals surface area contributed by atoms with E-state index in [0.717, 1.165) is 18.7 Å². The molecule has 1 heterocycles. The fourth-order valence-corrected chi connectivity index (χ4v) is 2.95. The smallest absolute Gasteiger partial charge is 0.255 e. The molecule has 0 fully saturated rings. The fraction of sp³-hybridized carbons (Fsp3) is 0.238. The van der Waals surface area contributed by atoms with Gasteiger partial charge in [-0.25, -0.2) is 9.37 Å². The number of hydrogen-bond acceptors (Lipinski definition) is 3. The maximum absolute atomic E-state index is 14.5. The number of aryl methyl sites for hydroxylation is 1. The highest BCUT2D eigenvalue weighted by molar-refractivity contribution is 6.04. The van der Waals surface area contributed by atoms with Crippen LogP contribution in [-0.2, 0) is 0 Å². The molecule has 2 aromatic carbocycles. The van der Waals surface area contributed by atoms with Crippen molar-refractivity contribution in [3.8, 4) is 5.69 Å². The summed E-state index contributed by atoms with van der Waals surface area (Å²) >= 11 is 0. The Morgan fingerprint density at radius 1 is 1.22 bits per heavy atom. The van der Waals surface area contributed by atoms with E-state index in [1.807, 2.05) is 19.2 Å². The SMILES string of the molecule is CCCN(C)c1ccc(C(=O)Nc2ccc(-n3ccnc3C)c(F)c2)cc1. The molecule has 1 aromatic heterocycles. The molecule has 0 aliphatic carbocycles. The Morgan fingerprint density at radius 3 is 2.56 bits per heavy atom. The Bertz CT molecular complexity index is 934. The molecular formula is C21H23FN4O. The standard InChI is InChI=1S/C21H23FN4O/c1-4-12-25(3)18-8-5-16(6-9-18)21(27)24-17-7-10-20(19(22)14-17)26-13-11-23-15(26)2/h5-11,13-14H,4,12H2,1-3H3,(H,24,27). The highest BCUT2D eigenvalue weighted by Gasteiger charge is 2.11. The molecular weight excluding hydrogens is 343 g/mol. The number of benzene rings is 2. The van der Waals surface area contributed by atoms with Crippen LogP contribution in [0.1, 0.15) is 29.5 Å². The zero-order valence-corrected chi connectivity index (χ0v) is 15.7. The fourth-order valence-electron chi connectivity index (χ4n) is 2.95. The predicted molar refractivity (Wildman–Crippen MR) is 106 cm³/mol. The second-order valence-electron chi connectivity index (χ2n) is 6.43. The van der Waals surface area contributed by atoms with E-state index in [0.29, 0.717) is 22.8 Å². The zero-order chi connectivity index (χ0) is 19.4. The average Bonchev–Trinajstić information content (AvgIpc) is 3.08. The van der Waals surface area contributed by atoms with E-state index >= 15 is 0 Å². The minimum atomic E-state index is -0.426. The molecule has 0 aliphatic heterocycles. The number of amides is 1. The van der Waals surface area contributed by atoms with Crippen LogP contribution in [0.5, 0.6) is 0 Å². The van der Waals surface area contributed by atoms with Crippen molar-refractivity contribution in [1.29, 1.82) is 0 Å². The highest BCUT2D eigenvalue weighted by Crippen LogP contribution is 2.20. The second kappa shape index (κ2) is 8.03. The van der Waals surface area contributed by atoms with Gasteiger partial charge in [-0.05, 0) is 55.8 Å². The predicted octanol–water partition coefficient (Wildman–Crippen LogP) is 4.42. The van der Waals surface area contributed by atoms with Gasteiger partial charge in [-0.2, -0.15) is 0 Å². The van der Waals surface area contributed by atoms with Crippen molar-refractivity contribution >= 4 is 17.3 Å². The van der Waals surface area contributed by atoms with E-state index < -0.39 is 5.82 Å². The molecule has 6 heteroatoms. The van der Waals surface area contributed by atoms with E-state index in [4.69, 9.17) is 0 Å². The van der Waals surface area contributed by atoms with E-state index in [1.54, 1.807) is 48.1 Å². The molecule has 5 nitrogen and oxygen atoms in total. The van der Waals surface area contributed by atoms with Crippen LogP contribution in [-0.4, -0.2) is 29.1 Å². The Hall–Kier alpha value is -3.15. The largest absolute Gasteiger partial charge is 0.375 e. The number of carbonyl (C=O) groups is 1. The summed E-state index contributed by atoms with van der Waals surface area (Å²) < 4.78 is 16.1. The number of nitrogens with zero attached hydrogens (tertiary/aromatic N) is 3. The number of carbonyl (C=O) groups excluding carboxylic acids is 1. The molecule has 0 unspecified atom stereocenters. The lowest BCUT2D eigenvalue weighted by Gasteiger charge is -2.18. The Kier molecular flexibility index (Phi) is 5.54. The van der Waals surface area contributed by atoms with Gasteiger partial charge in [-0.3, -0.25) is 4.79 Å². The van der Waals surface area contributed by atoms with Crippen LogP contribution >= 0.6 is 0 Å². The summed E-state index contributed by atoms with van der Waals surface area (Å²) in [5, 5.41) is 2.74. The molecule has 0 radical (unpaired) electrons. The number of nitrogens with one attached hydrogen (secondary N) is 1. The molecule has 0 aliphatic rings. The normalized spacial score (nSPS) is 10.7. The number of anilines is 2. The number of halogens is 1. The van der Waals surface area contributed by atoms with Gasteiger partial charge in [-0.1, -0.05) is 6.92 Å². The maximum Gasteiger partial charge on any atom is 0.255 e. The molecule has 0 spiro atoms. The van der Waals surface area contributed by atoms with Crippen LogP contribution in [0.3, 0.4) is 0 Å². The van der Waals surface area contributed by atoms with Crippen LogP contribution in [0.4, 0.5) is 15.8 Å². The molecule has 1 amide bonds. The van der Waals surface area contributed by atoms with E-state index in [2.05, 4.69) is 22.1 Å². The van der Waals surface area contributed by atoms with Gasteiger partial charge < -0.3 is 14.8 Å². The first kappa shape index (κ1) is 18.6. The van der Waals surface area contributed by atoms with E-state index in [9.17, 15) is 9.18 Å². The molecule has 140 valence electrons. The lowest BCUT2D eigenvalue weighted by Crippen LogP contribution is -2.18. The van der Waals surface area contributed by atoms with Gasteiger partial charge in [0.15, 0.2) is 0 Å². The molecule has 3 rings (SSSR count). The van der Waals surface area contributed by atoms with E-state index in [1.165, 1.54) is 6.07 Å². The van der Waals surface area contributed by atoms with Crippen molar-refractivity contribution in [2.75, 3.05) is 23.8 Å². The first-order valence-electron chi connectivity index (χ1n) is 8.92. The third-order valence-corrected chi connectivity index (χ3v) is 4.42. The van der Waals surface area contributed by atoms with Crippen molar-refractivity contribution in [1.82, 2.24) is 9.55 Å². The quantitative estimate of drug-likeness (QED) is 0.703. The molecule has 0 saturated heterocycles. The van der Waals surface area contributed by atoms with Crippen molar-refractivity contribution in [2.45, 2.75) is 20.3 Å². The minimum absolute atomic E-state index is 0.273. The molecule has 0 bridgehead atoms. The number of imidazole rings is 1. The van der Waals surface area contributed by atoms with Gasteiger partial charge in [0.05, 0.1) is 5.69 Å².